The molecule has 1 amide bonds. The quantitative estimate of drug-likeness (QED) is 0.575. The number of nitrogens with zero attached hydrogens (tertiary/aromatic N) is 1. The van der Waals surface area contributed by atoms with Crippen molar-refractivity contribution in [1.29, 1.82) is 0 Å². The molecule has 0 aliphatic heterocycles. The van der Waals surface area contributed by atoms with Crippen LogP contribution < -0.4 is 10.1 Å². The first kappa shape index (κ1) is 19.5. The fraction of sp³-hybridized carbons (Fsp3) is 0.238. The van der Waals surface area contributed by atoms with Crippen molar-refractivity contribution < 1.29 is 9.53 Å². The lowest BCUT2D eigenvalue weighted by molar-refractivity contribution is -0.115. The number of anilines is 1. The molecule has 4 nitrogen and oxygen atoms in total. The summed E-state index contributed by atoms with van der Waals surface area (Å²) in [5, 5.41) is 5.84. The van der Waals surface area contributed by atoms with Gasteiger partial charge in [-0.1, -0.05) is 30.3 Å². The molecule has 3 rings (SSSR count). The molecule has 0 aliphatic rings. The summed E-state index contributed by atoms with van der Waals surface area (Å²) in [7, 11) is 1.68. The van der Waals surface area contributed by atoms with Crippen molar-refractivity contribution in [1.82, 2.24) is 4.98 Å². The minimum absolute atomic E-state index is 0.0331. The van der Waals surface area contributed by atoms with Crippen LogP contribution in [0.4, 0.5) is 5.69 Å². The van der Waals surface area contributed by atoms with E-state index >= 15 is 0 Å². The average molecular weight is 399 g/mol. The first-order chi connectivity index (χ1) is 13.1. The Kier molecular flexibility index (Phi) is 6.90. The maximum absolute atomic E-state index is 12.2. The van der Waals surface area contributed by atoms with Gasteiger partial charge in [-0.2, -0.15) is 11.8 Å². The largest absolute Gasteiger partial charge is 0.497 e. The Bertz CT molecular complexity index is 908. The molecule has 0 aliphatic carbocycles. The molecule has 27 heavy (non-hydrogen) atoms. The molecule has 0 radical (unpaired) electrons. The van der Waals surface area contributed by atoms with Crippen LogP contribution in [0.3, 0.4) is 0 Å². The summed E-state index contributed by atoms with van der Waals surface area (Å²) in [6.45, 7) is 1.98. The van der Waals surface area contributed by atoms with Gasteiger partial charge in [0.2, 0.25) is 5.91 Å². The second kappa shape index (κ2) is 9.58. The summed E-state index contributed by atoms with van der Waals surface area (Å²) in [6.07, 6.45) is 0.305. The van der Waals surface area contributed by atoms with Crippen LogP contribution in [0, 0.1) is 6.92 Å². The molecule has 0 spiro atoms. The van der Waals surface area contributed by atoms with Crippen molar-refractivity contribution in [3.05, 3.63) is 75.7 Å². The van der Waals surface area contributed by atoms with Crippen molar-refractivity contribution >= 4 is 34.7 Å². The van der Waals surface area contributed by atoms with Crippen molar-refractivity contribution in [2.75, 3.05) is 12.4 Å². The average Bonchev–Trinajstić information content (AvgIpc) is 3.11. The lowest BCUT2D eigenvalue weighted by atomic mass is 10.2. The van der Waals surface area contributed by atoms with Crippen LogP contribution in [-0.2, 0) is 22.7 Å². The Hall–Kier alpha value is -2.31. The second-order valence-electron chi connectivity index (χ2n) is 6.12. The smallest absolute Gasteiger partial charge is 0.231 e. The predicted octanol–water partition coefficient (Wildman–Crippen LogP) is 5.07. The normalized spacial score (nSPS) is 10.6. The van der Waals surface area contributed by atoms with Crippen LogP contribution in [0.25, 0.3) is 0 Å². The van der Waals surface area contributed by atoms with Crippen LogP contribution in [0.1, 0.15) is 21.8 Å². The van der Waals surface area contributed by atoms with Crippen LogP contribution in [0.15, 0.2) is 53.9 Å². The standard InChI is InChI=1S/C21H22N2O2S2/c1-15-6-3-4-9-19(15)23-20(24)11-21-22-17(14-27-21)13-26-12-16-7-5-8-18(10-16)25-2/h3-10,14H,11-13H2,1-2H3,(H,23,24). The van der Waals surface area contributed by atoms with Gasteiger partial charge in [0.1, 0.15) is 10.8 Å². The van der Waals surface area contributed by atoms with E-state index in [2.05, 4.69) is 22.4 Å². The number of thioether (sulfide) groups is 1. The summed E-state index contributed by atoms with van der Waals surface area (Å²) in [5.41, 5.74) is 4.16. The van der Waals surface area contributed by atoms with E-state index in [9.17, 15) is 4.79 Å². The van der Waals surface area contributed by atoms with Crippen LogP contribution >= 0.6 is 23.1 Å². The number of hydrogen-bond donors (Lipinski definition) is 1. The number of carbonyl (C=O) groups excluding carboxylic acids is 1. The summed E-state index contributed by atoms with van der Waals surface area (Å²) in [6, 6.07) is 15.9. The fourth-order valence-electron chi connectivity index (χ4n) is 2.58. The molecule has 6 heteroatoms. The maximum atomic E-state index is 12.2. The van der Waals surface area contributed by atoms with E-state index in [4.69, 9.17) is 4.74 Å². The number of ether oxygens (including phenoxy) is 1. The van der Waals surface area contributed by atoms with Gasteiger partial charge in [-0.25, -0.2) is 4.98 Å². The predicted molar refractivity (Wildman–Crippen MR) is 114 cm³/mol. The highest BCUT2D eigenvalue weighted by Gasteiger charge is 2.09. The fourth-order valence-corrected chi connectivity index (χ4v) is 4.35. The Morgan fingerprint density at radius 1 is 1.19 bits per heavy atom. The topological polar surface area (TPSA) is 51.2 Å². The summed E-state index contributed by atoms with van der Waals surface area (Å²) in [5.74, 6) is 2.57. The van der Waals surface area contributed by atoms with Gasteiger partial charge >= 0.3 is 0 Å². The Morgan fingerprint density at radius 3 is 2.85 bits per heavy atom. The van der Waals surface area contributed by atoms with Crippen LogP contribution in [0.5, 0.6) is 5.75 Å². The number of thiazole rings is 1. The number of hydrogen-bond acceptors (Lipinski definition) is 5. The van der Waals surface area contributed by atoms with Gasteiger partial charge in [0.25, 0.3) is 0 Å². The number of methoxy groups -OCH3 is 1. The van der Waals surface area contributed by atoms with Gasteiger partial charge in [0.05, 0.1) is 19.2 Å². The van der Waals surface area contributed by atoms with E-state index < -0.39 is 0 Å². The number of nitrogens with one attached hydrogen (secondary N) is 1. The zero-order valence-electron chi connectivity index (χ0n) is 15.4. The van der Waals surface area contributed by atoms with Crippen molar-refractivity contribution in [2.24, 2.45) is 0 Å². The van der Waals surface area contributed by atoms with Crippen molar-refractivity contribution in [3.8, 4) is 5.75 Å². The molecule has 0 bridgehead atoms. The first-order valence-corrected chi connectivity index (χ1v) is 10.7. The molecule has 3 aromatic rings. The van der Waals surface area contributed by atoms with Crippen LogP contribution in [-0.4, -0.2) is 18.0 Å². The van der Waals surface area contributed by atoms with Crippen LogP contribution in [0.2, 0.25) is 0 Å². The molecule has 0 atom stereocenters. The zero-order chi connectivity index (χ0) is 19.1. The number of benzene rings is 2. The van der Waals surface area contributed by atoms with E-state index in [0.717, 1.165) is 39.2 Å². The van der Waals surface area contributed by atoms with E-state index in [-0.39, 0.29) is 5.91 Å². The van der Waals surface area contributed by atoms with E-state index in [1.165, 1.54) is 16.9 Å². The number of carbonyl (C=O) groups is 1. The molecule has 140 valence electrons. The molecule has 1 aromatic heterocycles. The molecule has 0 fully saturated rings. The third-order valence-electron chi connectivity index (χ3n) is 3.98. The monoisotopic (exact) mass is 398 g/mol. The number of amides is 1. The van der Waals surface area contributed by atoms with Gasteiger partial charge in [-0.15, -0.1) is 11.3 Å². The minimum atomic E-state index is -0.0331. The molecule has 1 N–H and O–H groups in total. The number of para-hydroxylation sites is 1. The minimum Gasteiger partial charge on any atom is -0.497 e. The van der Waals surface area contributed by atoms with E-state index in [0.29, 0.717) is 6.42 Å². The lowest BCUT2D eigenvalue weighted by Gasteiger charge is -2.06. The molecule has 0 saturated heterocycles. The highest BCUT2D eigenvalue weighted by Crippen LogP contribution is 2.22. The van der Waals surface area contributed by atoms with Gasteiger partial charge in [-0.05, 0) is 36.2 Å². The highest BCUT2D eigenvalue weighted by atomic mass is 32.2. The SMILES string of the molecule is COc1cccc(CSCc2csc(CC(=O)Nc3ccccc3C)n2)c1. The molecule has 0 unspecified atom stereocenters. The number of aromatic nitrogens is 1. The van der Waals surface area contributed by atoms with Crippen molar-refractivity contribution in [2.45, 2.75) is 24.9 Å². The molecular formula is C21H22N2O2S2. The second-order valence-corrected chi connectivity index (χ2v) is 8.05. The Morgan fingerprint density at radius 2 is 2.04 bits per heavy atom. The Labute approximate surface area is 168 Å². The maximum Gasteiger partial charge on any atom is 0.231 e. The highest BCUT2D eigenvalue weighted by molar-refractivity contribution is 7.97. The molecule has 0 saturated carbocycles. The van der Waals surface area contributed by atoms with Crippen molar-refractivity contribution in [3.63, 3.8) is 0 Å². The Balaban J connectivity index is 1.48. The lowest BCUT2D eigenvalue weighted by Crippen LogP contribution is -2.15. The van der Waals surface area contributed by atoms with Gasteiger partial charge in [0.15, 0.2) is 0 Å². The molecular weight excluding hydrogens is 376 g/mol. The first-order valence-electron chi connectivity index (χ1n) is 8.63. The van der Waals surface area contributed by atoms with Gasteiger partial charge < -0.3 is 10.1 Å². The summed E-state index contributed by atoms with van der Waals surface area (Å²) < 4.78 is 5.25. The summed E-state index contributed by atoms with van der Waals surface area (Å²) >= 11 is 3.34. The number of aryl methyl sites for hydroxylation is 1. The third kappa shape index (κ3) is 5.84. The third-order valence-corrected chi connectivity index (χ3v) is 5.92. The summed E-state index contributed by atoms with van der Waals surface area (Å²) in [4.78, 5) is 16.8. The molecule has 2 aromatic carbocycles. The number of rotatable bonds is 8. The van der Waals surface area contributed by atoms with E-state index in [1.807, 2.05) is 48.7 Å². The van der Waals surface area contributed by atoms with Gasteiger partial charge in [0, 0.05) is 22.6 Å². The van der Waals surface area contributed by atoms with Gasteiger partial charge in [-0.3, -0.25) is 4.79 Å². The molecule has 1 heterocycles. The van der Waals surface area contributed by atoms with E-state index in [1.54, 1.807) is 18.9 Å². The zero-order valence-corrected chi connectivity index (χ0v) is 17.0.